The van der Waals surface area contributed by atoms with Crippen molar-refractivity contribution in [2.45, 2.75) is 0 Å². The SMILES string of the molecule is NC1=NOCCS1. The quantitative estimate of drug-likeness (QED) is 0.486. The van der Waals surface area contributed by atoms with Gasteiger partial charge in [-0.3, -0.25) is 0 Å². The summed E-state index contributed by atoms with van der Waals surface area (Å²) in [6.45, 7) is 0.686. The maximum Gasteiger partial charge on any atom is 0.197 e. The van der Waals surface area contributed by atoms with Crippen LogP contribution >= 0.6 is 11.8 Å². The van der Waals surface area contributed by atoms with Gasteiger partial charge < -0.3 is 10.6 Å². The summed E-state index contributed by atoms with van der Waals surface area (Å²) < 4.78 is 0. The Bertz CT molecular complexity index is 92.9. The van der Waals surface area contributed by atoms with E-state index in [2.05, 4.69) is 9.99 Å². The molecule has 1 rings (SSSR count). The second kappa shape index (κ2) is 2.07. The van der Waals surface area contributed by atoms with Gasteiger partial charge in [0.2, 0.25) is 0 Å². The van der Waals surface area contributed by atoms with Crippen LogP contribution in [0.1, 0.15) is 0 Å². The Labute approximate surface area is 45.9 Å². The van der Waals surface area contributed by atoms with Gasteiger partial charge >= 0.3 is 0 Å². The lowest BCUT2D eigenvalue weighted by Gasteiger charge is -2.04. The van der Waals surface area contributed by atoms with Gasteiger partial charge in [-0.25, -0.2) is 0 Å². The van der Waals surface area contributed by atoms with Gasteiger partial charge in [0.05, 0.1) is 0 Å². The Hall–Kier alpha value is -0.380. The Kier molecular flexibility index (Phi) is 1.41. The molecule has 0 unspecified atom stereocenters. The second-order valence-electron chi connectivity index (χ2n) is 1.11. The minimum Gasteiger partial charge on any atom is -0.393 e. The minimum absolute atomic E-state index is 0.534. The topological polar surface area (TPSA) is 47.6 Å². The molecule has 7 heavy (non-hydrogen) atoms. The van der Waals surface area contributed by atoms with Gasteiger partial charge in [0.15, 0.2) is 5.17 Å². The third kappa shape index (κ3) is 1.27. The highest BCUT2D eigenvalue weighted by Gasteiger charge is 1.99. The first-order valence-corrected chi connectivity index (χ1v) is 2.96. The van der Waals surface area contributed by atoms with Crippen molar-refractivity contribution in [3.63, 3.8) is 0 Å². The molecule has 0 aromatic heterocycles. The standard InChI is InChI=1S/C3H6N2OS/c4-3-5-6-1-2-7-3/h1-2H2,(H2,4,5). The molecule has 0 aromatic rings. The lowest BCUT2D eigenvalue weighted by Crippen LogP contribution is -2.14. The van der Waals surface area contributed by atoms with E-state index in [0.717, 1.165) is 5.75 Å². The van der Waals surface area contributed by atoms with Crippen LogP contribution in [0.15, 0.2) is 5.16 Å². The molecule has 1 aliphatic heterocycles. The zero-order valence-electron chi connectivity index (χ0n) is 3.76. The molecule has 0 atom stereocenters. The van der Waals surface area contributed by atoms with Gasteiger partial charge in [0, 0.05) is 5.75 Å². The molecule has 0 aromatic carbocycles. The molecule has 2 N–H and O–H groups in total. The van der Waals surface area contributed by atoms with Gasteiger partial charge in [0.25, 0.3) is 0 Å². The summed E-state index contributed by atoms with van der Waals surface area (Å²) in [5.74, 6) is 0.926. The molecule has 0 fully saturated rings. The molecular weight excluding hydrogens is 112 g/mol. The summed E-state index contributed by atoms with van der Waals surface area (Å²) in [4.78, 5) is 4.62. The normalized spacial score (nSPS) is 20.3. The van der Waals surface area contributed by atoms with E-state index >= 15 is 0 Å². The fraction of sp³-hybridized carbons (Fsp3) is 0.667. The average molecular weight is 118 g/mol. The molecule has 0 saturated heterocycles. The smallest absolute Gasteiger partial charge is 0.197 e. The largest absolute Gasteiger partial charge is 0.393 e. The van der Waals surface area contributed by atoms with Crippen LogP contribution in [0.25, 0.3) is 0 Å². The summed E-state index contributed by atoms with van der Waals surface area (Å²) in [6.07, 6.45) is 0. The van der Waals surface area contributed by atoms with E-state index in [-0.39, 0.29) is 0 Å². The number of hydrogen-bond donors (Lipinski definition) is 1. The van der Waals surface area contributed by atoms with Crippen LogP contribution in [0.2, 0.25) is 0 Å². The molecule has 40 valence electrons. The number of amidine groups is 1. The fourth-order valence-electron chi connectivity index (χ4n) is 0.319. The van der Waals surface area contributed by atoms with Crippen molar-refractivity contribution in [2.24, 2.45) is 10.9 Å². The number of nitrogens with two attached hydrogens (primary N) is 1. The van der Waals surface area contributed by atoms with Gasteiger partial charge in [-0.1, -0.05) is 16.9 Å². The first kappa shape index (κ1) is 4.77. The number of oxime groups is 1. The Morgan fingerprint density at radius 2 is 2.71 bits per heavy atom. The maximum atomic E-state index is 5.22. The monoisotopic (exact) mass is 118 g/mol. The Morgan fingerprint density at radius 1 is 1.86 bits per heavy atom. The van der Waals surface area contributed by atoms with Crippen molar-refractivity contribution in [2.75, 3.05) is 12.4 Å². The number of thioether (sulfide) groups is 1. The van der Waals surface area contributed by atoms with E-state index in [0.29, 0.717) is 11.8 Å². The van der Waals surface area contributed by atoms with Crippen LogP contribution in [0.4, 0.5) is 0 Å². The predicted octanol–water partition coefficient (Wildman–Crippen LogP) is -0.0205. The third-order valence-electron chi connectivity index (χ3n) is 0.579. The number of hydrogen-bond acceptors (Lipinski definition) is 4. The molecule has 0 amide bonds. The maximum absolute atomic E-state index is 5.22. The highest BCUT2D eigenvalue weighted by atomic mass is 32.2. The molecule has 3 nitrogen and oxygen atoms in total. The van der Waals surface area contributed by atoms with Crippen LogP contribution in [0.5, 0.6) is 0 Å². The molecule has 4 heteroatoms. The van der Waals surface area contributed by atoms with Crippen molar-refractivity contribution >= 4 is 16.9 Å². The third-order valence-corrected chi connectivity index (χ3v) is 1.32. The van der Waals surface area contributed by atoms with Crippen LogP contribution in [-0.2, 0) is 4.84 Å². The fourth-order valence-corrected chi connectivity index (χ4v) is 0.792. The van der Waals surface area contributed by atoms with Crippen LogP contribution in [-0.4, -0.2) is 17.5 Å². The summed E-state index contributed by atoms with van der Waals surface area (Å²) in [6, 6.07) is 0. The van der Waals surface area contributed by atoms with Gasteiger partial charge in [0.1, 0.15) is 6.61 Å². The zero-order valence-corrected chi connectivity index (χ0v) is 4.57. The lowest BCUT2D eigenvalue weighted by molar-refractivity contribution is 0.159. The molecule has 0 bridgehead atoms. The summed E-state index contributed by atoms with van der Waals surface area (Å²) >= 11 is 1.52. The Morgan fingerprint density at radius 3 is 3.00 bits per heavy atom. The molecule has 0 radical (unpaired) electrons. The second-order valence-corrected chi connectivity index (χ2v) is 2.23. The van der Waals surface area contributed by atoms with Crippen LogP contribution in [0.3, 0.4) is 0 Å². The first-order valence-electron chi connectivity index (χ1n) is 1.98. The Balaban J connectivity index is 2.40. The number of rotatable bonds is 0. The summed E-state index contributed by atoms with van der Waals surface area (Å²) in [7, 11) is 0. The van der Waals surface area contributed by atoms with Crippen molar-refractivity contribution in [3.8, 4) is 0 Å². The van der Waals surface area contributed by atoms with E-state index in [1.54, 1.807) is 0 Å². The highest BCUT2D eigenvalue weighted by molar-refractivity contribution is 8.13. The van der Waals surface area contributed by atoms with Crippen molar-refractivity contribution in [1.82, 2.24) is 0 Å². The summed E-state index contributed by atoms with van der Waals surface area (Å²) in [5, 5.41) is 4.02. The van der Waals surface area contributed by atoms with Crippen LogP contribution in [0, 0.1) is 0 Å². The van der Waals surface area contributed by atoms with E-state index in [1.165, 1.54) is 11.8 Å². The lowest BCUT2D eigenvalue weighted by atomic mass is 10.9. The molecule has 1 heterocycles. The minimum atomic E-state index is 0.534. The van der Waals surface area contributed by atoms with E-state index < -0.39 is 0 Å². The van der Waals surface area contributed by atoms with Crippen LogP contribution < -0.4 is 5.73 Å². The van der Waals surface area contributed by atoms with Gasteiger partial charge in [-0.15, -0.1) is 0 Å². The molecule has 0 aliphatic carbocycles. The van der Waals surface area contributed by atoms with Crippen molar-refractivity contribution in [1.29, 1.82) is 0 Å². The predicted molar refractivity (Wildman–Crippen MR) is 30.0 cm³/mol. The van der Waals surface area contributed by atoms with Gasteiger partial charge in [-0.2, -0.15) is 0 Å². The molecular formula is C3H6N2OS. The molecule has 1 aliphatic rings. The van der Waals surface area contributed by atoms with E-state index in [1.807, 2.05) is 0 Å². The van der Waals surface area contributed by atoms with Gasteiger partial charge in [-0.05, 0) is 0 Å². The van der Waals surface area contributed by atoms with Crippen molar-refractivity contribution in [3.05, 3.63) is 0 Å². The first-order chi connectivity index (χ1) is 3.39. The average Bonchev–Trinajstić information content (AvgIpc) is 1.69. The zero-order chi connectivity index (χ0) is 5.11. The number of nitrogens with zero attached hydrogens (tertiary/aromatic N) is 1. The van der Waals surface area contributed by atoms with E-state index in [9.17, 15) is 0 Å². The molecule has 0 saturated carbocycles. The molecule has 0 spiro atoms. The van der Waals surface area contributed by atoms with Crippen molar-refractivity contribution < 1.29 is 4.84 Å². The highest BCUT2D eigenvalue weighted by Crippen LogP contribution is 2.04. The van der Waals surface area contributed by atoms with E-state index in [4.69, 9.17) is 5.73 Å². The summed E-state index contributed by atoms with van der Waals surface area (Å²) in [5.41, 5.74) is 5.22.